The zero-order valence-corrected chi connectivity index (χ0v) is 18.8. The van der Waals surface area contributed by atoms with E-state index in [0.717, 1.165) is 36.9 Å². The molecule has 1 saturated heterocycles. The van der Waals surface area contributed by atoms with E-state index in [1.54, 1.807) is 40.4 Å². The molecule has 0 bridgehead atoms. The summed E-state index contributed by atoms with van der Waals surface area (Å²) in [5, 5.41) is 0. The number of benzene rings is 1. The molecule has 0 radical (unpaired) electrons. The second kappa shape index (κ2) is 8.59. The van der Waals surface area contributed by atoms with Crippen LogP contribution in [-0.4, -0.2) is 44.0 Å². The van der Waals surface area contributed by atoms with Crippen molar-refractivity contribution in [2.75, 3.05) is 24.5 Å². The van der Waals surface area contributed by atoms with E-state index in [4.69, 9.17) is 4.42 Å². The minimum atomic E-state index is -3.48. The fourth-order valence-electron chi connectivity index (χ4n) is 4.45. The maximum Gasteiger partial charge on any atom is 0.243 e. The molecule has 4 rings (SSSR count). The van der Waals surface area contributed by atoms with Crippen molar-refractivity contribution in [3.8, 4) is 0 Å². The summed E-state index contributed by atoms with van der Waals surface area (Å²) in [6.07, 6.45) is 4.02. The van der Waals surface area contributed by atoms with Gasteiger partial charge in [0.2, 0.25) is 15.9 Å². The molecule has 2 aliphatic rings. The summed E-state index contributed by atoms with van der Waals surface area (Å²) in [4.78, 5) is 26.6. The summed E-state index contributed by atoms with van der Waals surface area (Å²) in [5.41, 5.74) is 2.24. The predicted molar refractivity (Wildman–Crippen MR) is 117 cm³/mol. The molecule has 0 atom stereocenters. The van der Waals surface area contributed by atoms with Gasteiger partial charge in [0.1, 0.15) is 11.5 Å². The van der Waals surface area contributed by atoms with Gasteiger partial charge in [-0.25, -0.2) is 8.42 Å². The minimum Gasteiger partial charge on any atom is -0.466 e. The summed E-state index contributed by atoms with van der Waals surface area (Å²) in [7, 11) is -3.48. The van der Waals surface area contributed by atoms with Gasteiger partial charge in [-0.2, -0.15) is 4.31 Å². The Balaban J connectivity index is 1.49. The first kappa shape index (κ1) is 21.8. The highest BCUT2D eigenvalue weighted by Crippen LogP contribution is 2.32. The van der Waals surface area contributed by atoms with Gasteiger partial charge >= 0.3 is 0 Å². The molecule has 2 aromatic rings. The number of sulfonamides is 1. The zero-order valence-electron chi connectivity index (χ0n) is 18.0. The molecule has 1 aromatic heterocycles. The number of Topliss-reactive ketones (excluding diaryl/α,β-unsaturated/α-hetero) is 1. The van der Waals surface area contributed by atoms with Crippen LogP contribution in [-0.2, 0) is 27.7 Å². The van der Waals surface area contributed by atoms with E-state index in [1.807, 2.05) is 0 Å². The van der Waals surface area contributed by atoms with Crippen LogP contribution in [0.15, 0.2) is 33.6 Å². The number of ketones is 1. The van der Waals surface area contributed by atoms with Gasteiger partial charge in [-0.15, -0.1) is 0 Å². The first-order valence-corrected chi connectivity index (χ1v) is 12.2. The molecule has 0 N–H and O–H groups in total. The molecule has 1 fully saturated rings. The standard InChI is InChI=1S/C23H28N2O5S/c1-16(26)21-15-19(30-17(21)2)7-10-23(27)25-13-5-6-18-14-20(8-9-22(18)25)31(28,29)24-11-3-4-12-24/h8-9,14-15H,3-7,10-13H2,1-2H3. The molecule has 166 valence electrons. The number of rotatable bonds is 6. The van der Waals surface area contributed by atoms with Crippen LogP contribution in [0.5, 0.6) is 0 Å². The summed E-state index contributed by atoms with van der Waals surface area (Å²) in [6.45, 7) is 5.00. The Labute approximate surface area is 183 Å². The van der Waals surface area contributed by atoms with Gasteiger partial charge in [-0.05, 0) is 69.4 Å². The molecule has 0 saturated carbocycles. The fourth-order valence-corrected chi connectivity index (χ4v) is 6.02. The van der Waals surface area contributed by atoms with Crippen molar-refractivity contribution in [1.82, 2.24) is 4.31 Å². The third-order valence-electron chi connectivity index (χ3n) is 6.11. The van der Waals surface area contributed by atoms with Crippen LogP contribution in [0.4, 0.5) is 5.69 Å². The number of hydrogen-bond acceptors (Lipinski definition) is 5. The SMILES string of the molecule is CC(=O)c1cc(CCC(=O)N2CCCc3cc(S(=O)(=O)N4CCCC4)ccc32)oc1C. The van der Waals surface area contributed by atoms with Gasteiger partial charge in [0.25, 0.3) is 0 Å². The second-order valence-electron chi connectivity index (χ2n) is 8.29. The lowest BCUT2D eigenvalue weighted by Crippen LogP contribution is -2.36. The molecular weight excluding hydrogens is 416 g/mol. The van der Waals surface area contributed by atoms with E-state index < -0.39 is 10.0 Å². The molecule has 31 heavy (non-hydrogen) atoms. The average molecular weight is 445 g/mol. The van der Waals surface area contributed by atoms with Gasteiger partial charge in [0.05, 0.1) is 10.5 Å². The number of fused-ring (bicyclic) bond motifs is 1. The Kier molecular flexibility index (Phi) is 6.03. The number of carbonyl (C=O) groups excluding carboxylic acids is 2. The van der Waals surface area contributed by atoms with Gasteiger partial charge in [0.15, 0.2) is 5.78 Å². The molecule has 3 heterocycles. The summed E-state index contributed by atoms with van der Waals surface area (Å²) < 4.78 is 32.9. The lowest BCUT2D eigenvalue weighted by Gasteiger charge is -2.30. The number of hydrogen-bond donors (Lipinski definition) is 0. The van der Waals surface area contributed by atoms with Gasteiger partial charge in [-0.3, -0.25) is 9.59 Å². The van der Waals surface area contributed by atoms with Crippen molar-refractivity contribution in [2.24, 2.45) is 0 Å². The number of aryl methyl sites for hydroxylation is 3. The summed E-state index contributed by atoms with van der Waals surface area (Å²) >= 11 is 0. The molecule has 1 amide bonds. The van der Waals surface area contributed by atoms with Crippen molar-refractivity contribution in [1.29, 1.82) is 0 Å². The van der Waals surface area contributed by atoms with E-state index in [-0.39, 0.29) is 18.1 Å². The molecule has 1 aromatic carbocycles. The highest BCUT2D eigenvalue weighted by molar-refractivity contribution is 7.89. The Hall–Kier alpha value is -2.45. The number of furan rings is 1. The molecule has 8 heteroatoms. The third-order valence-corrected chi connectivity index (χ3v) is 8.00. The second-order valence-corrected chi connectivity index (χ2v) is 10.2. The Morgan fingerprint density at radius 1 is 1.06 bits per heavy atom. The molecule has 7 nitrogen and oxygen atoms in total. The van der Waals surface area contributed by atoms with Crippen LogP contribution in [0.2, 0.25) is 0 Å². The lowest BCUT2D eigenvalue weighted by molar-refractivity contribution is -0.118. The first-order valence-electron chi connectivity index (χ1n) is 10.8. The normalized spacial score (nSPS) is 17.0. The van der Waals surface area contributed by atoms with Gasteiger partial charge in [0, 0.05) is 38.2 Å². The number of anilines is 1. The van der Waals surface area contributed by atoms with Gasteiger partial charge in [-0.1, -0.05) is 0 Å². The number of nitrogens with zero attached hydrogens (tertiary/aromatic N) is 2. The van der Waals surface area contributed by atoms with Crippen LogP contribution < -0.4 is 4.90 Å². The molecule has 0 unspecified atom stereocenters. The van der Waals surface area contributed by atoms with E-state index >= 15 is 0 Å². The third kappa shape index (κ3) is 4.32. The average Bonchev–Trinajstić information content (AvgIpc) is 3.41. The molecule has 2 aliphatic heterocycles. The van der Waals surface area contributed by atoms with Crippen LogP contribution >= 0.6 is 0 Å². The van der Waals surface area contributed by atoms with Crippen molar-refractivity contribution in [3.05, 3.63) is 46.9 Å². The summed E-state index contributed by atoms with van der Waals surface area (Å²) in [6, 6.07) is 6.83. The fraction of sp³-hybridized carbons (Fsp3) is 0.478. The molecule has 0 spiro atoms. The topological polar surface area (TPSA) is 87.9 Å². The largest absolute Gasteiger partial charge is 0.466 e. The first-order chi connectivity index (χ1) is 14.8. The molecule has 0 aliphatic carbocycles. The Bertz CT molecular complexity index is 1110. The maximum atomic E-state index is 12.9. The predicted octanol–water partition coefficient (Wildman–Crippen LogP) is 3.49. The Morgan fingerprint density at radius 3 is 2.48 bits per heavy atom. The summed E-state index contributed by atoms with van der Waals surface area (Å²) in [5.74, 6) is 1.11. The molecular formula is C23H28N2O5S. The smallest absolute Gasteiger partial charge is 0.243 e. The van der Waals surface area contributed by atoms with Gasteiger partial charge < -0.3 is 9.32 Å². The zero-order chi connectivity index (χ0) is 22.2. The van der Waals surface area contributed by atoms with E-state index in [9.17, 15) is 18.0 Å². The van der Waals surface area contributed by atoms with Crippen molar-refractivity contribution >= 4 is 27.4 Å². The van der Waals surface area contributed by atoms with Crippen molar-refractivity contribution < 1.29 is 22.4 Å². The van der Waals surface area contributed by atoms with Crippen LogP contribution in [0.25, 0.3) is 0 Å². The van der Waals surface area contributed by atoms with Crippen LogP contribution in [0.1, 0.15) is 60.0 Å². The monoisotopic (exact) mass is 444 g/mol. The quantitative estimate of drug-likeness (QED) is 0.637. The lowest BCUT2D eigenvalue weighted by atomic mass is 10.0. The van der Waals surface area contributed by atoms with E-state index in [0.29, 0.717) is 48.0 Å². The van der Waals surface area contributed by atoms with Crippen LogP contribution in [0, 0.1) is 6.92 Å². The highest BCUT2D eigenvalue weighted by atomic mass is 32.2. The number of amides is 1. The van der Waals surface area contributed by atoms with E-state index in [2.05, 4.69) is 0 Å². The minimum absolute atomic E-state index is 0.0328. The van der Waals surface area contributed by atoms with Crippen LogP contribution in [0.3, 0.4) is 0 Å². The van der Waals surface area contributed by atoms with E-state index in [1.165, 1.54) is 6.92 Å². The van der Waals surface area contributed by atoms with Crippen molar-refractivity contribution in [3.63, 3.8) is 0 Å². The number of carbonyl (C=O) groups is 2. The van der Waals surface area contributed by atoms with Crippen molar-refractivity contribution in [2.45, 2.75) is 57.3 Å². The highest BCUT2D eigenvalue weighted by Gasteiger charge is 2.29. The maximum absolute atomic E-state index is 12.9. The Morgan fingerprint density at radius 2 is 1.81 bits per heavy atom.